The van der Waals surface area contributed by atoms with Crippen LogP contribution in [-0.2, 0) is 40.4 Å². The molecule has 0 bridgehead atoms. The Balaban J connectivity index is 1.41. The summed E-state index contributed by atoms with van der Waals surface area (Å²) < 4.78 is 75.8. The Kier molecular flexibility index (Phi) is 10.8. The molecular formula is C29H42F3N5O4S2. The van der Waals surface area contributed by atoms with Crippen molar-refractivity contribution < 1.29 is 31.4 Å². The molecule has 0 unspecified atom stereocenters. The minimum atomic E-state index is -4.52. The van der Waals surface area contributed by atoms with Crippen LogP contribution < -0.4 is 0 Å². The number of likely N-dealkylation sites (tertiary alicyclic amines) is 1. The van der Waals surface area contributed by atoms with E-state index in [1.54, 1.807) is 6.07 Å². The molecule has 2 aromatic rings. The van der Waals surface area contributed by atoms with Crippen molar-refractivity contribution in [1.82, 2.24) is 23.9 Å². The van der Waals surface area contributed by atoms with Gasteiger partial charge in [-0.25, -0.2) is 8.42 Å². The van der Waals surface area contributed by atoms with E-state index in [0.29, 0.717) is 62.8 Å². The predicted molar refractivity (Wildman–Crippen MR) is 161 cm³/mol. The third-order valence-electron chi connectivity index (χ3n) is 8.62. The zero-order valence-corrected chi connectivity index (χ0v) is 26.3. The van der Waals surface area contributed by atoms with Crippen LogP contribution in [0.3, 0.4) is 0 Å². The number of hydrogen-bond donors (Lipinski definition) is 1. The largest absolute Gasteiger partial charge is 0.417 e. The summed E-state index contributed by atoms with van der Waals surface area (Å²) in [6, 6.07) is 3.96. The van der Waals surface area contributed by atoms with Crippen LogP contribution in [0.15, 0.2) is 23.1 Å². The summed E-state index contributed by atoms with van der Waals surface area (Å²) in [7, 11) is -3.45. The monoisotopic (exact) mass is 645 g/mol. The molecule has 1 aromatic carbocycles. The summed E-state index contributed by atoms with van der Waals surface area (Å²) in [5.41, 5.74) is 2.13. The number of aryl methyl sites for hydroxylation is 1. The van der Waals surface area contributed by atoms with E-state index in [1.807, 2.05) is 4.68 Å². The van der Waals surface area contributed by atoms with E-state index in [9.17, 15) is 26.7 Å². The summed E-state index contributed by atoms with van der Waals surface area (Å²) in [4.78, 5) is 4.63. The van der Waals surface area contributed by atoms with Crippen LogP contribution in [0.4, 0.5) is 13.2 Å². The predicted octanol–water partition coefficient (Wildman–Crippen LogP) is 3.55. The lowest BCUT2D eigenvalue weighted by molar-refractivity contribution is -0.139. The third-order valence-corrected chi connectivity index (χ3v) is 10.9. The average molecular weight is 646 g/mol. The highest BCUT2D eigenvalue weighted by molar-refractivity contribution is 7.99. The maximum absolute atomic E-state index is 14.1. The standard InChI is InChI=1S/C29H42F3N5O4S2/c1-43(39,40)36-13-8-26-24(19-36)28(33-37(26)12-5-11-34-9-3-2-4-10-34)22-6-7-25(29(30,31)32)27(18-22)42-17-15-35-14-16-41-21-23(35)20-38/h6-7,18,23,38H,2-5,8-17,19-21H2,1H3/t23-/m0/s1. The van der Waals surface area contributed by atoms with Gasteiger partial charge in [0.2, 0.25) is 10.0 Å². The molecule has 1 aromatic heterocycles. The van der Waals surface area contributed by atoms with E-state index < -0.39 is 21.8 Å². The average Bonchev–Trinajstić information content (AvgIpc) is 3.35. The van der Waals surface area contributed by atoms with Crippen LogP contribution in [0.1, 0.15) is 42.5 Å². The maximum atomic E-state index is 14.1. The first kappa shape index (κ1) is 32.7. The lowest BCUT2D eigenvalue weighted by Crippen LogP contribution is -2.48. The Labute approximate surface area is 256 Å². The molecule has 2 saturated heterocycles. The van der Waals surface area contributed by atoms with Crippen LogP contribution in [0.5, 0.6) is 0 Å². The fraction of sp³-hybridized carbons (Fsp3) is 0.690. The molecule has 14 heteroatoms. The molecule has 0 saturated carbocycles. The van der Waals surface area contributed by atoms with Crippen molar-refractivity contribution in [2.75, 3.05) is 71.1 Å². The molecule has 4 heterocycles. The Morgan fingerprint density at radius 1 is 1.09 bits per heavy atom. The van der Waals surface area contributed by atoms with Gasteiger partial charge in [-0.3, -0.25) is 9.58 Å². The molecule has 240 valence electrons. The van der Waals surface area contributed by atoms with Crippen molar-refractivity contribution in [2.24, 2.45) is 0 Å². The Hall–Kier alpha value is -1.68. The van der Waals surface area contributed by atoms with Gasteiger partial charge in [-0.1, -0.05) is 12.5 Å². The molecule has 9 nitrogen and oxygen atoms in total. The lowest BCUT2D eigenvalue weighted by atomic mass is 10.0. The quantitative estimate of drug-likeness (QED) is 0.372. The van der Waals surface area contributed by atoms with Crippen LogP contribution >= 0.6 is 11.8 Å². The van der Waals surface area contributed by atoms with Crippen molar-refractivity contribution in [3.63, 3.8) is 0 Å². The number of aromatic nitrogens is 2. The third kappa shape index (κ3) is 8.13. The van der Waals surface area contributed by atoms with Gasteiger partial charge in [-0.2, -0.15) is 22.6 Å². The number of alkyl halides is 3. The van der Waals surface area contributed by atoms with Crippen LogP contribution in [0, 0.1) is 0 Å². The molecule has 2 fully saturated rings. The number of aliphatic hydroxyl groups is 1. The molecule has 5 rings (SSSR count). The molecule has 0 spiro atoms. The van der Waals surface area contributed by atoms with Crippen molar-refractivity contribution >= 4 is 21.8 Å². The molecule has 0 amide bonds. The fourth-order valence-corrected chi connectivity index (χ4v) is 8.12. The van der Waals surface area contributed by atoms with Crippen molar-refractivity contribution in [1.29, 1.82) is 0 Å². The SMILES string of the molecule is CS(=O)(=O)N1CCc2c(c(-c3ccc(C(F)(F)F)c(SCCN4CCOC[C@@H]4CO)c3)nn2CCCN2CCCCC2)C1. The first-order chi connectivity index (χ1) is 20.5. The molecule has 1 atom stereocenters. The number of morpholine rings is 1. The lowest BCUT2D eigenvalue weighted by Gasteiger charge is -2.34. The van der Waals surface area contributed by atoms with E-state index in [2.05, 4.69) is 9.80 Å². The minimum absolute atomic E-state index is 0.0652. The summed E-state index contributed by atoms with van der Waals surface area (Å²) in [5, 5.41) is 14.6. The zero-order valence-electron chi connectivity index (χ0n) is 24.7. The van der Waals surface area contributed by atoms with Crippen LogP contribution in [-0.4, -0.2) is 115 Å². The van der Waals surface area contributed by atoms with Crippen molar-refractivity contribution in [3.8, 4) is 11.3 Å². The molecule has 1 N–H and O–H groups in total. The molecule has 43 heavy (non-hydrogen) atoms. The van der Waals surface area contributed by atoms with E-state index in [4.69, 9.17) is 9.84 Å². The van der Waals surface area contributed by atoms with Gasteiger partial charge >= 0.3 is 6.18 Å². The Morgan fingerprint density at radius 3 is 2.60 bits per heavy atom. The zero-order chi connectivity index (χ0) is 30.6. The van der Waals surface area contributed by atoms with Gasteiger partial charge < -0.3 is 14.7 Å². The highest BCUT2D eigenvalue weighted by atomic mass is 32.2. The summed E-state index contributed by atoms with van der Waals surface area (Å²) in [5.74, 6) is 0.411. The van der Waals surface area contributed by atoms with Gasteiger partial charge in [0.15, 0.2) is 0 Å². The Bertz CT molecular complexity index is 1350. The normalized spacial score (nSPS) is 21.3. The van der Waals surface area contributed by atoms with Gasteiger partial charge in [-0.15, -0.1) is 11.8 Å². The smallest absolute Gasteiger partial charge is 0.395 e. The van der Waals surface area contributed by atoms with E-state index in [0.717, 1.165) is 55.1 Å². The number of benzene rings is 1. The van der Waals surface area contributed by atoms with E-state index in [1.165, 1.54) is 35.9 Å². The number of hydrogen-bond acceptors (Lipinski definition) is 8. The number of rotatable bonds is 11. The Morgan fingerprint density at radius 2 is 1.88 bits per heavy atom. The van der Waals surface area contributed by atoms with Gasteiger partial charge in [0.05, 0.1) is 43.4 Å². The maximum Gasteiger partial charge on any atom is 0.417 e. The first-order valence-corrected chi connectivity index (χ1v) is 17.9. The molecule has 3 aliphatic heterocycles. The van der Waals surface area contributed by atoms with Gasteiger partial charge in [0.1, 0.15) is 0 Å². The number of ether oxygens (including phenoxy) is 1. The molecule has 3 aliphatic rings. The van der Waals surface area contributed by atoms with Gasteiger partial charge in [0.25, 0.3) is 0 Å². The number of thioether (sulfide) groups is 1. The van der Waals surface area contributed by atoms with E-state index in [-0.39, 0.29) is 24.1 Å². The second-order valence-electron chi connectivity index (χ2n) is 11.6. The molecule has 0 radical (unpaired) electrons. The highest BCUT2D eigenvalue weighted by Gasteiger charge is 2.35. The van der Waals surface area contributed by atoms with Gasteiger partial charge in [-0.05, 0) is 51.0 Å². The summed E-state index contributed by atoms with van der Waals surface area (Å²) in [6.45, 7) is 6.35. The number of aliphatic hydroxyl groups excluding tert-OH is 1. The molecule has 0 aliphatic carbocycles. The number of sulfonamides is 1. The number of nitrogens with zero attached hydrogens (tertiary/aromatic N) is 5. The summed E-state index contributed by atoms with van der Waals surface area (Å²) in [6.07, 6.45) is 1.77. The number of halogens is 3. The van der Waals surface area contributed by atoms with Crippen LogP contribution in [0.2, 0.25) is 0 Å². The second kappa shape index (κ2) is 14.2. The van der Waals surface area contributed by atoms with Crippen molar-refractivity contribution in [3.05, 3.63) is 35.0 Å². The number of fused-ring (bicyclic) bond motifs is 1. The van der Waals surface area contributed by atoms with Crippen molar-refractivity contribution in [2.45, 2.75) is 62.3 Å². The fourth-order valence-electron chi connectivity index (χ4n) is 6.24. The first-order valence-electron chi connectivity index (χ1n) is 15.1. The second-order valence-corrected chi connectivity index (χ2v) is 14.7. The highest BCUT2D eigenvalue weighted by Crippen LogP contribution is 2.40. The number of piperidine rings is 1. The van der Waals surface area contributed by atoms with Crippen LogP contribution in [0.25, 0.3) is 11.3 Å². The topological polar surface area (TPSA) is 91.1 Å². The van der Waals surface area contributed by atoms with E-state index >= 15 is 0 Å². The summed E-state index contributed by atoms with van der Waals surface area (Å²) >= 11 is 1.14. The minimum Gasteiger partial charge on any atom is -0.395 e. The van der Waals surface area contributed by atoms with Gasteiger partial charge in [0, 0.05) is 66.6 Å². The molecular weight excluding hydrogens is 603 g/mol.